The van der Waals surface area contributed by atoms with Gasteiger partial charge in [-0.2, -0.15) is 39.5 Å². The molecule has 0 fully saturated rings. The maximum atomic E-state index is 10.5. The van der Waals surface area contributed by atoms with Crippen molar-refractivity contribution in [2.45, 2.75) is 38.4 Å². The predicted molar refractivity (Wildman–Crippen MR) is 68.2 cm³/mol. The first-order valence-corrected chi connectivity index (χ1v) is 6.57. The molecule has 1 aromatic heterocycles. The van der Waals surface area contributed by atoms with E-state index < -0.39 is 36.4 Å². The Labute approximate surface area is 199 Å². The average Bonchev–Trinajstić information content (AvgIpc) is 2.99. The molecular formula is C12H11CeF10N2O6. The van der Waals surface area contributed by atoms with E-state index in [2.05, 4.69) is 16.5 Å². The standard InChI is InChI=1S/C6H10N2.3C2HF3O2.Ce.FH/c1-2-4-8-5-3-7-6-8;3*3-2(4,5)1(6)7;;/h3,5-6H,2,4H2,1H3;3*(H,6,7);;1H/q;;;;+3;/p-3. The number of alkyl halides is 9. The first-order chi connectivity index (χ1) is 12.8. The predicted octanol–water partition coefficient (Wildman–Crippen LogP) is -0.659. The van der Waals surface area contributed by atoms with Gasteiger partial charge in [-0.15, -0.1) is 0 Å². The van der Waals surface area contributed by atoms with Gasteiger partial charge in [0.2, 0.25) is 0 Å². The summed E-state index contributed by atoms with van der Waals surface area (Å²) in [5.74, 6) is -9.02. The number of carboxylic acids is 3. The van der Waals surface area contributed by atoms with Crippen LogP contribution < -0.4 is 15.3 Å². The van der Waals surface area contributed by atoms with Gasteiger partial charge in [0.25, 0.3) is 0 Å². The monoisotopic (exact) mass is 609 g/mol. The third-order valence-corrected chi connectivity index (χ3v) is 1.74. The number of rotatable bonds is 2. The maximum absolute atomic E-state index is 10.5. The summed E-state index contributed by atoms with van der Waals surface area (Å²) in [5.41, 5.74) is 0. The van der Waals surface area contributed by atoms with Gasteiger partial charge in [0.05, 0.1) is 6.33 Å². The normalized spacial score (nSPS) is 10.1. The minimum Gasteiger partial charge on any atom is -0.542 e. The zero-order valence-corrected chi connectivity index (χ0v) is 17.9. The fraction of sp³-hybridized carbons (Fsp3) is 0.500. The smallest absolute Gasteiger partial charge is 0.542 e. The van der Waals surface area contributed by atoms with Crippen LogP contribution in [0.3, 0.4) is 0 Å². The molecule has 1 aromatic rings. The molecule has 0 atom stereocenters. The van der Waals surface area contributed by atoms with Crippen LogP contribution in [-0.4, -0.2) is 46.0 Å². The summed E-state index contributed by atoms with van der Waals surface area (Å²) in [6.07, 6.45) is -8.79. The third-order valence-electron chi connectivity index (χ3n) is 1.74. The summed E-state index contributed by atoms with van der Waals surface area (Å²) < 4.78 is 96.7. The zero-order valence-electron chi connectivity index (χ0n) is 14.8. The SMILES string of the molecule is CCCn1ccnc1.F.O=C([O-])C(F)(F)F.O=C([O-])C(F)(F)F.O=C([O-])C(F)(F)F.[Ce+3]. The molecule has 0 aliphatic heterocycles. The van der Waals surface area contributed by atoms with Gasteiger partial charge in [0.15, 0.2) is 0 Å². The average molecular weight is 609 g/mol. The van der Waals surface area contributed by atoms with Gasteiger partial charge in [0.1, 0.15) is 17.9 Å². The molecule has 1 radical (unpaired) electrons. The molecule has 19 heteroatoms. The minimum absolute atomic E-state index is 0. The molecule has 0 saturated heterocycles. The van der Waals surface area contributed by atoms with E-state index in [4.69, 9.17) is 29.7 Å². The van der Waals surface area contributed by atoms with E-state index in [9.17, 15) is 39.5 Å². The molecule has 0 saturated carbocycles. The molecule has 0 aromatic carbocycles. The number of aliphatic carboxylic acids is 3. The van der Waals surface area contributed by atoms with Crippen LogP contribution >= 0.6 is 0 Å². The van der Waals surface area contributed by atoms with Gasteiger partial charge in [-0.1, -0.05) is 6.92 Å². The number of hydrogen-bond acceptors (Lipinski definition) is 7. The Hall–Kier alpha value is -1.70. The number of carboxylic acid groups (broad SMARTS) is 3. The van der Waals surface area contributed by atoms with Crippen LogP contribution in [0.1, 0.15) is 13.3 Å². The third kappa shape index (κ3) is 28.3. The molecule has 0 aliphatic rings. The molecule has 0 aliphatic carbocycles. The largest absolute Gasteiger partial charge is 3.00 e. The molecule has 0 N–H and O–H groups in total. The van der Waals surface area contributed by atoms with Gasteiger partial charge in [-0.25, -0.2) is 4.98 Å². The van der Waals surface area contributed by atoms with Crippen LogP contribution in [0.4, 0.5) is 44.2 Å². The molecule has 31 heavy (non-hydrogen) atoms. The topological polar surface area (TPSA) is 138 Å². The number of hydrogen-bond donors (Lipinski definition) is 0. The van der Waals surface area contributed by atoms with E-state index in [0.717, 1.165) is 6.54 Å². The van der Waals surface area contributed by atoms with E-state index in [1.165, 1.54) is 6.42 Å². The Morgan fingerprint density at radius 3 is 1.19 bits per heavy atom. The van der Waals surface area contributed by atoms with Gasteiger partial charge in [-0.3, -0.25) is 4.70 Å². The van der Waals surface area contributed by atoms with Crippen LogP contribution in [0, 0.1) is 41.7 Å². The van der Waals surface area contributed by atoms with Crippen molar-refractivity contribution in [1.82, 2.24) is 9.55 Å². The number of carbonyl (C=O) groups excluding carboxylic acids is 3. The second-order valence-electron chi connectivity index (χ2n) is 4.16. The van der Waals surface area contributed by atoms with Crippen molar-refractivity contribution in [1.29, 1.82) is 0 Å². The van der Waals surface area contributed by atoms with Crippen LogP contribution in [0.2, 0.25) is 0 Å². The number of imidazole rings is 1. The quantitative estimate of drug-likeness (QED) is 0.406. The van der Waals surface area contributed by atoms with Crippen molar-refractivity contribution in [2.24, 2.45) is 0 Å². The van der Waals surface area contributed by atoms with Crippen molar-refractivity contribution in [3.05, 3.63) is 18.7 Å². The maximum Gasteiger partial charge on any atom is 3.00 e. The first-order valence-electron chi connectivity index (χ1n) is 6.57. The van der Waals surface area contributed by atoms with Crippen molar-refractivity contribution in [3.63, 3.8) is 0 Å². The second-order valence-corrected chi connectivity index (χ2v) is 4.16. The molecular weight excluding hydrogens is 598 g/mol. The Balaban J connectivity index is -0.0000000951. The van der Waals surface area contributed by atoms with Crippen LogP contribution in [0.15, 0.2) is 18.7 Å². The molecule has 1 rings (SSSR count). The summed E-state index contributed by atoms with van der Waals surface area (Å²) in [4.78, 5) is 30.3. The summed E-state index contributed by atoms with van der Waals surface area (Å²) in [6.45, 7) is 3.24. The molecule has 0 amide bonds. The summed E-state index contributed by atoms with van der Waals surface area (Å²) >= 11 is 0. The molecule has 0 unspecified atom stereocenters. The van der Waals surface area contributed by atoms with Gasteiger partial charge >= 0.3 is 60.3 Å². The van der Waals surface area contributed by atoms with Crippen LogP contribution in [-0.2, 0) is 20.9 Å². The molecule has 8 nitrogen and oxygen atoms in total. The number of aryl methyl sites for hydroxylation is 1. The van der Waals surface area contributed by atoms with Crippen molar-refractivity contribution in [2.75, 3.05) is 0 Å². The zero-order chi connectivity index (χ0) is 24.1. The molecule has 0 spiro atoms. The Kier molecular flexibility index (Phi) is 23.0. The van der Waals surface area contributed by atoms with Gasteiger partial charge < -0.3 is 34.3 Å². The molecule has 0 bridgehead atoms. The van der Waals surface area contributed by atoms with E-state index >= 15 is 0 Å². The van der Waals surface area contributed by atoms with Gasteiger partial charge in [-0.05, 0) is 6.42 Å². The van der Waals surface area contributed by atoms with E-state index in [-0.39, 0.29) is 46.5 Å². The summed E-state index contributed by atoms with van der Waals surface area (Å²) in [7, 11) is 0. The fourth-order valence-corrected chi connectivity index (χ4v) is 0.677. The van der Waals surface area contributed by atoms with Gasteiger partial charge in [0, 0.05) is 18.9 Å². The van der Waals surface area contributed by atoms with Crippen molar-refractivity contribution >= 4 is 17.9 Å². The molecule has 1 heterocycles. The van der Waals surface area contributed by atoms with E-state index in [1.54, 1.807) is 6.20 Å². The Bertz CT molecular complexity index is 560. The van der Waals surface area contributed by atoms with Crippen LogP contribution in [0.5, 0.6) is 0 Å². The Morgan fingerprint density at radius 1 is 0.806 bits per heavy atom. The minimum atomic E-state index is -5.19. The van der Waals surface area contributed by atoms with E-state index in [1.807, 2.05) is 12.5 Å². The number of carbonyl (C=O) groups is 3. The van der Waals surface area contributed by atoms with E-state index in [0.29, 0.717) is 0 Å². The summed E-state index contributed by atoms with van der Waals surface area (Å²) in [6, 6.07) is 0. The second kappa shape index (κ2) is 17.9. The fourth-order valence-electron chi connectivity index (χ4n) is 0.677. The number of halogens is 10. The van der Waals surface area contributed by atoms with Crippen molar-refractivity contribution in [3.8, 4) is 0 Å². The Morgan fingerprint density at radius 2 is 1.06 bits per heavy atom. The molecule has 179 valence electrons. The first kappa shape index (κ1) is 39.7. The van der Waals surface area contributed by atoms with Crippen LogP contribution in [0.25, 0.3) is 0 Å². The summed E-state index contributed by atoms with van der Waals surface area (Å²) in [5, 5.41) is 26.4. The van der Waals surface area contributed by atoms with Crippen molar-refractivity contribution < 1.29 is 116 Å². The number of nitrogens with zero attached hydrogens (tertiary/aromatic N) is 2. The number of aromatic nitrogens is 2.